The lowest BCUT2D eigenvalue weighted by atomic mass is 10.00. The molecule has 1 aliphatic rings. The summed E-state index contributed by atoms with van der Waals surface area (Å²) in [6, 6.07) is 19.3. The summed E-state index contributed by atoms with van der Waals surface area (Å²) in [7, 11) is 0. The van der Waals surface area contributed by atoms with Crippen molar-refractivity contribution in [2.24, 2.45) is 0 Å². The summed E-state index contributed by atoms with van der Waals surface area (Å²) in [5.41, 5.74) is 3.73. The van der Waals surface area contributed by atoms with Gasteiger partial charge in [-0.2, -0.15) is 0 Å². The largest absolute Gasteiger partial charge is 0.392 e. The maximum atomic E-state index is 9.53. The first-order valence-electron chi connectivity index (χ1n) is 6.40. The van der Waals surface area contributed by atoms with Gasteiger partial charge in [-0.15, -0.1) is 0 Å². The van der Waals surface area contributed by atoms with Crippen molar-refractivity contribution in [3.63, 3.8) is 0 Å². The first-order chi connectivity index (χ1) is 8.83. The van der Waals surface area contributed by atoms with Crippen LogP contribution in [-0.4, -0.2) is 17.8 Å². The van der Waals surface area contributed by atoms with Gasteiger partial charge in [0.25, 0.3) is 0 Å². The Bertz CT molecular complexity index is 506. The molecule has 0 aliphatic carbocycles. The number of nitrogens with one attached hydrogen (secondary N) is 1. The lowest BCUT2D eigenvalue weighted by Crippen LogP contribution is -2.14. The molecule has 18 heavy (non-hydrogen) atoms. The summed E-state index contributed by atoms with van der Waals surface area (Å²) in [5, 5.41) is 12.9. The van der Waals surface area contributed by atoms with Crippen LogP contribution in [0.2, 0.25) is 0 Å². The first kappa shape index (κ1) is 11.5. The van der Waals surface area contributed by atoms with Gasteiger partial charge in [0.05, 0.1) is 6.10 Å². The summed E-state index contributed by atoms with van der Waals surface area (Å²) in [5.74, 6) is 0. The number of aliphatic hydroxyl groups excluding tert-OH is 1. The topological polar surface area (TPSA) is 32.3 Å². The number of benzene rings is 2. The highest BCUT2D eigenvalue weighted by atomic mass is 16.3. The van der Waals surface area contributed by atoms with E-state index in [1.165, 1.54) is 16.7 Å². The monoisotopic (exact) mass is 239 g/mol. The molecular formula is C16H17NO. The average molecular weight is 239 g/mol. The van der Waals surface area contributed by atoms with E-state index in [1.54, 1.807) is 0 Å². The fraction of sp³-hybridized carbons (Fsp3) is 0.250. The lowest BCUT2D eigenvalue weighted by Gasteiger charge is -2.11. The molecule has 0 saturated carbocycles. The van der Waals surface area contributed by atoms with Gasteiger partial charge in [0.2, 0.25) is 0 Å². The number of β-amino-alcohol motifs (C(OH)–C–C–N with tert-alkyl or cyclic N) is 1. The smallest absolute Gasteiger partial charge is 0.0682 e. The molecule has 2 aromatic rings. The van der Waals surface area contributed by atoms with E-state index >= 15 is 0 Å². The number of aliphatic hydroxyl groups is 1. The quantitative estimate of drug-likeness (QED) is 0.844. The normalized spacial score (nSPS) is 23.2. The summed E-state index contributed by atoms with van der Waals surface area (Å²) in [6.07, 6.45) is 0.605. The van der Waals surface area contributed by atoms with Gasteiger partial charge < -0.3 is 10.4 Å². The Hall–Kier alpha value is -1.64. The summed E-state index contributed by atoms with van der Waals surface area (Å²) in [6.45, 7) is 0.700. The molecule has 2 unspecified atom stereocenters. The molecule has 2 aromatic carbocycles. The van der Waals surface area contributed by atoms with Crippen LogP contribution in [0.15, 0.2) is 54.6 Å². The van der Waals surface area contributed by atoms with Crippen molar-refractivity contribution in [2.75, 3.05) is 6.54 Å². The maximum absolute atomic E-state index is 9.53. The van der Waals surface area contributed by atoms with Gasteiger partial charge in [-0.05, 0) is 23.1 Å². The molecule has 0 spiro atoms. The van der Waals surface area contributed by atoms with Gasteiger partial charge in [0.1, 0.15) is 0 Å². The Morgan fingerprint density at radius 1 is 0.889 bits per heavy atom. The molecule has 2 heteroatoms. The molecule has 1 aliphatic heterocycles. The van der Waals surface area contributed by atoms with E-state index < -0.39 is 0 Å². The van der Waals surface area contributed by atoms with Crippen molar-refractivity contribution in [3.05, 3.63) is 60.2 Å². The number of rotatable bonds is 2. The second-order valence-corrected chi connectivity index (χ2v) is 4.84. The molecule has 1 fully saturated rings. The van der Waals surface area contributed by atoms with Crippen LogP contribution in [0.4, 0.5) is 0 Å². The molecule has 1 heterocycles. The van der Waals surface area contributed by atoms with E-state index in [4.69, 9.17) is 0 Å². The lowest BCUT2D eigenvalue weighted by molar-refractivity contribution is 0.193. The molecule has 1 saturated heterocycles. The molecule has 0 aromatic heterocycles. The SMILES string of the molecule is OC1CNC(c2ccc(-c3ccccc3)cc2)C1. The van der Waals surface area contributed by atoms with Crippen LogP contribution >= 0.6 is 0 Å². The van der Waals surface area contributed by atoms with Crippen molar-refractivity contribution in [2.45, 2.75) is 18.6 Å². The van der Waals surface area contributed by atoms with Crippen molar-refractivity contribution in [1.82, 2.24) is 5.32 Å². The second kappa shape index (κ2) is 4.92. The standard InChI is InChI=1S/C16H17NO/c18-15-10-16(17-11-15)14-8-6-13(7-9-14)12-4-2-1-3-5-12/h1-9,15-18H,10-11H2. The van der Waals surface area contributed by atoms with Gasteiger partial charge in [0, 0.05) is 12.6 Å². The summed E-state index contributed by atoms with van der Waals surface area (Å²) in [4.78, 5) is 0. The van der Waals surface area contributed by atoms with Crippen molar-refractivity contribution in [1.29, 1.82) is 0 Å². The Balaban J connectivity index is 1.81. The van der Waals surface area contributed by atoms with E-state index in [0.29, 0.717) is 12.6 Å². The van der Waals surface area contributed by atoms with Crippen LogP contribution in [0.25, 0.3) is 11.1 Å². The Morgan fingerprint density at radius 3 is 2.17 bits per heavy atom. The highest BCUT2D eigenvalue weighted by Crippen LogP contribution is 2.26. The van der Waals surface area contributed by atoms with Gasteiger partial charge in [0.15, 0.2) is 0 Å². The van der Waals surface area contributed by atoms with Crippen molar-refractivity contribution < 1.29 is 5.11 Å². The van der Waals surface area contributed by atoms with Gasteiger partial charge in [-0.25, -0.2) is 0 Å². The Kier molecular flexibility index (Phi) is 3.13. The van der Waals surface area contributed by atoms with E-state index in [2.05, 4.69) is 53.8 Å². The fourth-order valence-electron chi connectivity index (χ4n) is 2.51. The molecule has 2 nitrogen and oxygen atoms in total. The minimum Gasteiger partial charge on any atom is -0.392 e. The predicted octanol–water partition coefficient (Wildman–Crippen LogP) is 2.75. The average Bonchev–Trinajstić information content (AvgIpc) is 2.87. The van der Waals surface area contributed by atoms with Crippen LogP contribution in [0, 0.1) is 0 Å². The van der Waals surface area contributed by atoms with Gasteiger partial charge in [-0.1, -0.05) is 54.6 Å². The zero-order valence-electron chi connectivity index (χ0n) is 10.2. The Morgan fingerprint density at radius 2 is 1.56 bits per heavy atom. The van der Waals surface area contributed by atoms with E-state index in [-0.39, 0.29) is 6.10 Å². The molecular weight excluding hydrogens is 222 g/mol. The zero-order chi connectivity index (χ0) is 12.4. The highest BCUT2D eigenvalue weighted by molar-refractivity contribution is 5.63. The van der Waals surface area contributed by atoms with Crippen LogP contribution in [0.1, 0.15) is 18.0 Å². The zero-order valence-corrected chi connectivity index (χ0v) is 10.2. The predicted molar refractivity (Wildman–Crippen MR) is 73.2 cm³/mol. The van der Waals surface area contributed by atoms with Crippen molar-refractivity contribution >= 4 is 0 Å². The van der Waals surface area contributed by atoms with Gasteiger partial charge >= 0.3 is 0 Å². The van der Waals surface area contributed by atoms with Crippen LogP contribution in [0.5, 0.6) is 0 Å². The van der Waals surface area contributed by atoms with Crippen LogP contribution in [0.3, 0.4) is 0 Å². The number of hydrogen-bond donors (Lipinski definition) is 2. The summed E-state index contributed by atoms with van der Waals surface area (Å²) < 4.78 is 0. The van der Waals surface area contributed by atoms with Gasteiger partial charge in [-0.3, -0.25) is 0 Å². The maximum Gasteiger partial charge on any atom is 0.0682 e. The Labute approximate surface area is 107 Å². The molecule has 2 atom stereocenters. The van der Waals surface area contributed by atoms with Crippen LogP contribution < -0.4 is 5.32 Å². The minimum absolute atomic E-state index is 0.205. The molecule has 3 rings (SSSR count). The van der Waals surface area contributed by atoms with E-state index in [1.807, 2.05) is 6.07 Å². The third-order valence-corrected chi connectivity index (χ3v) is 3.53. The molecule has 2 N–H and O–H groups in total. The minimum atomic E-state index is -0.205. The molecule has 92 valence electrons. The fourth-order valence-corrected chi connectivity index (χ4v) is 2.51. The highest BCUT2D eigenvalue weighted by Gasteiger charge is 2.22. The first-order valence-corrected chi connectivity index (χ1v) is 6.40. The third kappa shape index (κ3) is 2.30. The van der Waals surface area contributed by atoms with E-state index in [9.17, 15) is 5.11 Å². The van der Waals surface area contributed by atoms with Crippen LogP contribution in [-0.2, 0) is 0 Å². The van der Waals surface area contributed by atoms with Crippen molar-refractivity contribution in [3.8, 4) is 11.1 Å². The number of hydrogen-bond acceptors (Lipinski definition) is 2. The van der Waals surface area contributed by atoms with E-state index in [0.717, 1.165) is 6.42 Å². The summed E-state index contributed by atoms with van der Waals surface area (Å²) >= 11 is 0. The molecule has 0 amide bonds. The molecule has 0 bridgehead atoms. The second-order valence-electron chi connectivity index (χ2n) is 4.84. The molecule has 0 radical (unpaired) electrons. The third-order valence-electron chi connectivity index (χ3n) is 3.53.